The first-order chi connectivity index (χ1) is 16.8. The quantitative estimate of drug-likeness (QED) is 0.281. The summed E-state index contributed by atoms with van der Waals surface area (Å²) in [7, 11) is 0. The lowest BCUT2D eigenvalue weighted by Crippen LogP contribution is -1.90. The summed E-state index contributed by atoms with van der Waals surface area (Å²) in [6, 6.07) is 47.0. The Labute approximate surface area is 199 Å². The maximum Gasteiger partial charge on any atom is 0.0390 e. The number of anilines is 4. The predicted octanol–water partition coefficient (Wildman–Crippen LogP) is 9.15. The topological polar surface area (TPSA) is 24.1 Å². The largest absolute Gasteiger partial charge is 0.356 e. The van der Waals surface area contributed by atoms with Crippen molar-refractivity contribution in [2.24, 2.45) is 0 Å². The van der Waals surface area contributed by atoms with Crippen LogP contribution in [0.1, 0.15) is 0 Å². The lowest BCUT2D eigenvalue weighted by molar-refractivity contribution is 1.56. The number of rotatable bonds is 5. The summed E-state index contributed by atoms with van der Waals surface area (Å²) in [5, 5.41) is 11.9. The Kier molecular flexibility index (Phi) is 5.17. The first kappa shape index (κ1) is 20.1. The highest BCUT2D eigenvalue weighted by Crippen LogP contribution is 2.30. The molecule has 162 valence electrons. The first-order valence-electron chi connectivity index (χ1n) is 11.5. The average Bonchev–Trinajstić information content (AvgIpc) is 2.89. The van der Waals surface area contributed by atoms with E-state index in [4.69, 9.17) is 0 Å². The second-order valence-electron chi connectivity index (χ2n) is 8.54. The van der Waals surface area contributed by atoms with Crippen LogP contribution in [0.4, 0.5) is 22.7 Å². The Hall–Kier alpha value is -4.56. The molecule has 0 bridgehead atoms. The summed E-state index contributed by atoms with van der Waals surface area (Å²) in [5.74, 6) is 0. The van der Waals surface area contributed by atoms with Gasteiger partial charge in [-0.2, -0.15) is 0 Å². The summed E-state index contributed by atoms with van der Waals surface area (Å²) in [6.45, 7) is 0. The van der Waals surface area contributed by atoms with Gasteiger partial charge >= 0.3 is 0 Å². The Morgan fingerprint density at radius 3 is 1.12 bits per heavy atom. The van der Waals surface area contributed by atoms with E-state index in [2.05, 4.69) is 108 Å². The van der Waals surface area contributed by atoms with Crippen LogP contribution in [0, 0.1) is 0 Å². The number of nitrogens with one attached hydrogen (secondary N) is 2. The Bertz CT molecular complexity index is 1470. The highest BCUT2D eigenvalue weighted by atomic mass is 14.9. The third-order valence-corrected chi connectivity index (χ3v) is 6.14. The Morgan fingerprint density at radius 2 is 0.676 bits per heavy atom. The molecule has 34 heavy (non-hydrogen) atoms. The maximum atomic E-state index is 3.48. The van der Waals surface area contributed by atoms with Gasteiger partial charge in [0.05, 0.1) is 0 Å². The van der Waals surface area contributed by atoms with Crippen LogP contribution in [0.2, 0.25) is 0 Å². The first-order valence-corrected chi connectivity index (χ1v) is 11.5. The van der Waals surface area contributed by atoms with Crippen molar-refractivity contribution in [3.05, 3.63) is 133 Å². The molecular weight excluding hydrogens is 412 g/mol. The van der Waals surface area contributed by atoms with Crippen molar-refractivity contribution in [3.63, 3.8) is 0 Å². The zero-order chi connectivity index (χ0) is 22.7. The van der Waals surface area contributed by atoms with E-state index in [1.165, 1.54) is 32.7 Å². The zero-order valence-corrected chi connectivity index (χ0v) is 18.7. The van der Waals surface area contributed by atoms with Gasteiger partial charge in [0, 0.05) is 22.7 Å². The molecule has 2 heteroatoms. The lowest BCUT2D eigenvalue weighted by atomic mass is 9.98. The molecule has 0 saturated carbocycles. The highest BCUT2D eigenvalue weighted by Gasteiger charge is 2.04. The fourth-order valence-corrected chi connectivity index (χ4v) is 4.38. The summed E-state index contributed by atoms with van der Waals surface area (Å²) in [6.07, 6.45) is 0. The minimum absolute atomic E-state index is 1.09. The number of hydrogen-bond donors (Lipinski definition) is 2. The molecule has 0 heterocycles. The number of hydrogen-bond acceptors (Lipinski definition) is 2. The van der Waals surface area contributed by atoms with Gasteiger partial charge < -0.3 is 10.6 Å². The standard InChI is InChI=1S/C32H24N2/c1-3-7-29(8-4-1)33-31-17-15-25-19-23(11-13-27(25)21-31)24-12-14-28-22-32(18-16-26(28)20-24)34-30-9-5-2-6-10-30/h1-22,33-34H. The molecule has 0 aliphatic heterocycles. The second kappa shape index (κ2) is 8.76. The van der Waals surface area contributed by atoms with Crippen molar-refractivity contribution in [2.75, 3.05) is 10.6 Å². The lowest BCUT2D eigenvalue weighted by Gasteiger charge is -2.10. The smallest absolute Gasteiger partial charge is 0.0390 e. The van der Waals surface area contributed by atoms with Crippen LogP contribution >= 0.6 is 0 Å². The van der Waals surface area contributed by atoms with Gasteiger partial charge in [-0.25, -0.2) is 0 Å². The third-order valence-electron chi connectivity index (χ3n) is 6.14. The van der Waals surface area contributed by atoms with E-state index in [1.54, 1.807) is 0 Å². The van der Waals surface area contributed by atoms with Crippen molar-refractivity contribution < 1.29 is 0 Å². The van der Waals surface area contributed by atoms with Crippen LogP contribution in [0.3, 0.4) is 0 Å². The van der Waals surface area contributed by atoms with E-state index in [0.717, 1.165) is 22.7 Å². The van der Waals surface area contributed by atoms with E-state index in [-0.39, 0.29) is 0 Å². The average molecular weight is 437 g/mol. The van der Waals surface area contributed by atoms with Crippen LogP contribution in [0.25, 0.3) is 32.7 Å². The molecule has 0 radical (unpaired) electrons. The van der Waals surface area contributed by atoms with Crippen molar-refractivity contribution in [1.29, 1.82) is 0 Å². The number of fused-ring (bicyclic) bond motifs is 2. The van der Waals surface area contributed by atoms with Crippen molar-refractivity contribution in [2.45, 2.75) is 0 Å². The molecule has 0 unspecified atom stereocenters. The van der Waals surface area contributed by atoms with Crippen molar-refractivity contribution in [1.82, 2.24) is 0 Å². The van der Waals surface area contributed by atoms with Gasteiger partial charge in [-0.15, -0.1) is 0 Å². The fraction of sp³-hybridized carbons (Fsp3) is 0. The van der Waals surface area contributed by atoms with Gasteiger partial charge in [-0.1, -0.05) is 72.8 Å². The molecule has 0 saturated heterocycles. The molecule has 0 spiro atoms. The third kappa shape index (κ3) is 4.22. The summed E-state index contributed by atoms with van der Waals surface area (Å²) in [5.41, 5.74) is 6.83. The Balaban J connectivity index is 1.27. The van der Waals surface area contributed by atoms with Gasteiger partial charge in [0.2, 0.25) is 0 Å². The van der Waals surface area contributed by atoms with Gasteiger partial charge in [0.15, 0.2) is 0 Å². The van der Waals surface area contributed by atoms with E-state index in [1.807, 2.05) is 36.4 Å². The monoisotopic (exact) mass is 436 g/mol. The molecule has 0 aromatic heterocycles. The molecule has 6 aromatic rings. The van der Waals surface area contributed by atoms with E-state index in [0.29, 0.717) is 0 Å². The predicted molar refractivity (Wildman–Crippen MR) is 146 cm³/mol. The second-order valence-corrected chi connectivity index (χ2v) is 8.54. The highest BCUT2D eigenvalue weighted by molar-refractivity contribution is 5.93. The van der Waals surface area contributed by atoms with E-state index in [9.17, 15) is 0 Å². The molecular formula is C32H24N2. The molecule has 0 fully saturated rings. The molecule has 0 amide bonds. The van der Waals surface area contributed by atoms with Crippen LogP contribution in [0.5, 0.6) is 0 Å². The number of benzene rings is 6. The molecule has 6 rings (SSSR count). The molecule has 0 atom stereocenters. The summed E-state index contributed by atoms with van der Waals surface area (Å²) < 4.78 is 0. The minimum atomic E-state index is 1.09. The van der Waals surface area contributed by atoms with Crippen molar-refractivity contribution >= 4 is 44.3 Å². The molecule has 0 aliphatic carbocycles. The Morgan fingerprint density at radius 1 is 0.294 bits per heavy atom. The summed E-state index contributed by atoms with van der Waals surface area (Å²) in [4.78, 5) is 0. The van der Waals surface area contributed by atoms with Gasteiger partial charge in [0.1, 0.15) is 0 Å². The molecule has 2 N–H and O–H groups in total. The van der Waals surface area contributed by atoms with Crippen LogP contribution < -0.4 is 10.6 Å². The van der Waals surface area contributed by atoms with Crippen molar-refractivity contribution in [3.8, 4) is 11.1 Å². The summed E-state index contributed by atoms with van der Waals surface area (Å²) >= 11 is 0. The molecule has 6 aromatic carbocycles. The maximum absolute atomic E-state index is 3.48. The van der Waals surface area contributed by atoms with Gasteiger partial charge in [-0.3, -0.25) is 0 Å². The zero-order valence-electron chi connectivity index (χ0n) is 18.7. The molecule has 0 aliphatic rings. The van der Waals surface area contributed by atoms with Crippen LogP contribution in [-0.4, -0.2) is 0 Å². The molecule has 2 nitrogen and oxygen atoms in total. The SMILES string of the molecule is c1ccc(Nc2ccc3cc(-c4ccc5cc(Nc6ccccc6)ccc5c4)ccc3c2)cc1. The minimum Gasteiger partial charge on any atom is -0.356 e. The van der Waals surface area contributed by atoms with E-state index < -0.39 is 0 Å². The van der Waals surface area contributed by atoms with Crippen LogP contribution in [-0.2, 0) is 0 Å². The van der Waals surface area contributed by atoms with Gasteiger partial charge in [0.25, 0.3) is 0 Å². The number of para-hydroxylation sites is 2. The van der Waals surface area contributed by atoms with Crippen LogP contribution in [0.15, 0.2) is 133 Å². The fourth-order valence-electron chi connectivity index (χ4n) is 4.38. The van der Waals surface area contributed by atoms with E-state index >= 15 is 0 Å². The normalized spacial score (nSPS) is 10.9. The van der Waals surface area contributed by atoms with Gasteiger partial charge in [-0.05, 0) is 93.3 Å².